The molecule has 8 nitrogen and oxygen atoms in total. The Morgan fingerprint density at radius 3 is 2.17 bits per heavy atom. The van der Waals surface area contributed by atoms with Gasteiger partial charge in [0, 0.05) is 22.7 Å². The van der Waals surface area contributed by atoms with Gasteiger partial charge in [-0.25, -0.2) is 0 Å². The Hall–Kier alpha value is -3.69. The molecule has 0 aliphatic carbocycles. The van der Waals surface area contributed by atoms with Crippen molar-refractivity contribution in [2.24, 2.45) is 0 Å². The first-order valence-electron chi connectivity index (χ1n) is 10.8. The Morgan fingerprint density at radius 2 is 1.58 bits per heavy atom. The second-order valence-corrected chi connectivity index (χ2v) is 9.22. The van der Waals surface area contributed by atoms with Crippen LogP contribution in [0.3, 0.4) is 0 Å². The van der Waals surface area contributed by atoms with Crippen LogP contribution >= 0.6 is 22.9 Å². The zero-order valence-corrected chi connectivity index (χ0v) is 21.8. The molecule has 10 heteroatoms. The van der Waals surface area contributed by atoms with Crippen LogP contribution in [0.4, 0.5) is 5.69 Å². The third-order valence-electron chi connectivity index (χ3n) is 5.97. The number of amides is 1. The number of carbonyl (C=O) groups excluding carboxylic acids is 2. The van der Waals surface area contributed by atoms with Crippen LogP contribution in [-0.4, -0.2) is 45.2 Å². The summed E-state index contributed by atoms with van der Waals surface area (Å²) in [6.07, 6.45) is 0. The van der Waals surface area contributed by atoms with Gasteiger partial charge in [0.2, 0.25) is 0 Å². The monoisotopic (exact) mass is 529 g/mol. The highest BCUT2D eigenvalue weighted by molar-refractivity contribution is 7.10. The molecule has 0 bridgehead atoms. The van der Waals surface area contributed by atoms with E-state index in [4.69, 9.17) is 30.5 Å². The predicted octanol–water partition coefficient (Wildman–Crippen LogP) is 5.37. The molecule has 1 saturated heterocycles. The summed E-state index contributed by atoms with van der Waals surface area (Å²) in [6.45, 7) is 1.88. The van der Waals surface area contributed by atoms with E-state index in [9.17, 15) is 14.7 Å². The number of thiophene rings is 1. The number of aryl methyl sites for hydroxylation is 1. The van der Waals surface area contributed by atoms with Crippen molar-refractivity contribution in [3.63, 3.8) is 0 Å². The van der Waals surface area contributed by atoms with Gasteiger partial charge in [-0.15, -0.1) is 11.3 Å². The van der Waals surface area contributed by atoms with Crippen molar-refractivity contribution in [1.82, 2.24) is 0 Å². The zero-order valence-electron chi connectivity index (χ0n) is 20.2. The first-order chi connectivity index (χ1) is 17.3. The summed E-state index contributed by atoms with van der Waals surface area (Å²) in [6, 6.07) is 8.87. The third-order valence-corrected chi connectivity index (χ3v) is 7.34. The van der Waals surface area contributed by atoms with Gasteiger partial charge >= 0.3 is 0 Å². The highest BCUT2D eigenvalue weighted by Crippen LogP contribution is 2.47. The van der Waals surface area contributed by atoms with E-state index in [1.807, 2.05) is 18.4 Å². The normalized spacial score (nSPS) is 16.8. The van der Waals surface area contributed by atoms with Crippen LogP contribution in [0, 0.1) is 6.92 Å². The van der Waals surface area contributed by atoms with Gasteiger partial charge in [-0.05, 0) is 42.1 Å². The predicted molar refractivity (Wildman–Crippen MR) is 138 cm³/mol. The smallest absolute Gasteiger partial charge is 0.300 e. The van der Waals surface area contributed by atoms with E-state index in [0.29, 0.717) is 22.9 Å². The van der Waals surface area contributed by atoms with Gasteiger partial charge in [0.25, 0.3) is 11.7 Å². The number of aliphatic hydroxyl groups is 1. The lowest BCUT2D eigenvalue weighted by atomic mass is 9.97. The number of aliphatic hydroxyl groups excluding tert-OH is 1. The Kier molecular flexibility index (Phi) is 7.14. The fourth-order valence-corrected chi connectivity index (χ4v) is 5.44. The third kappa shape index (κ3) is 4.14. The zero-order chi connectivity index (χ0) is 26.1. The van der Waals surface area contributed by atoms with E-state index in [-0.39, 0.29) is 21.9 Å². The van der Waals surface area contributed by atoms with E-state index in [1.54, 1.807) is 18.2 Å². The lowest BCUT2D eigenvalue weighted by Crippen LogP contribution is -2.29. The first-order valence-corrected chi connectivity index (χ1v) is 12.0. The van der Waals surface area contributed by atoms with E-state index >= 15 is 0 Å². The summed E-state index contributed by atoms with van der Waals surface area (Å²) in [5.41, 5.74) is 1.35. The molecular weight excluding hydrogens is 506 g/mol. The number of nitrogens with zero attached hydrogens (tertiary/aromatic N) is 1. The van der Waals surface area contributed by atoms with Crippen molar-refractivity contribution in [3.05, 3.63) is 68.4 Å². The van der Waals surface area contributed by atoms with Crippen molar-refractivity contribution in [3.8, 4) is 23.0 Å². The number of hydrogen-bond acceptors (Lipinski definition) is 8. The summed E-state index contributed by atoms with van der Waals surface area (Å²) in [5, 5.41) is 13.5. The minimum atomic E-state index is -0.895. The van der Waals surface area contributed by atoms with Gasteiger partial charge < -0.3 is 24.1 Å². The maximum atomic E-state index is 13.4. The number of Topliss-reactive ketones (excluding diaryl/α,β-unsaturated/α-hetero) is 1. The number of hydrogen-bond donors (Lipinski definition) is 1. The fraction of sp³-hybridized carbons (Fsp3) is 0.231. The quantitative estimate of drug-likeness (QED) is 0.250. The minimum Gasteiger partial charge on any atom is -0.507 e. The molecular formula is C26H24ClNO7S. The summed E-state index contributed by atoms with van der Waals surface area (Å²) < 4.78 is 21.4. The summed E-state index contributed by atoms with van der Waals surface area (Å²) in [5.74, 6) is -0.611. The Balaban J connectivity index is 1.98. The number of carbonyl (C=O) groups is 2. The second-order valence-electron chi connectivity index (χ2n) is 7.86. The number of ether oxygens (including phenoxy) is 4. The van der Waals surface area contributed by atoms with Crippen LogP contribution in [0.1, 0.15) is 22.0 Å². The molecule has 1 atom stereocenters. The molecule has 1 aliphatic rings. The van der Waals surface area contributed by atoms with Gasteiger partial charge in [-0.3, -0.25) is 14.5 Å². The number of anilines is 1. The van der Waals surface area contributed by atoms with Crippen LogP contribution in [0.15, 0.2) is 47.4 Å². The van der Waals surface area contributed by atoms with Gasteiger partial charge in [-0.1, -0.05) is 11.6 Å². The molecule has 1 unspecified atom stereocenters. The standard InChI is InChI=1S/C26H24ClNO7S/c1-13-8-9-36-25(13)22-21(23(29)15-11-16(27)19(34-4)12-18(15)33-3)24(30)26(31)28(22)14-6-7-17(32-2)20(10-14)35-5/h6-12,22,29H,1-5H3/b23-21+. The molecule has 4 rings (SSSR count). The van der Waals surface area contributed by atoms with Crippen molar-refractivity contribution >= 4 is 46.1 Å². The summed E-state index contributed by atoms with van der Waals surface area (Å²) in [7, 11) is 5.86. The Morgan fingerprint density at radius 1 is 0.917 bits per heavy atom. The van der Waals surface area contributed by atoms with Crippen LogP contribution in [0.25, 0.3) is 5.76 Å². The summed E-state index contributed by atoms with van der Waals surface area (Å²) >= 11 is 7.70. The maximum Gasteiger partial charge on any atom is 0.300 e. The van der Waals surface area contributed by atoms with E-state index in [1.165, 1.54) is 56.8 Å². The molecule has 2 aromatic carbocycles. The molecule has 0 saturated carbocycles. The first kappa shape index (κ1) is 25.4. The van der Waals surface area contributed by atoms with Crippen molar-refractivity contribution in [2.75, 3.05) is 33.3 Å². The van der Waals surface area contributed by atoms with Crippen molar-refractivity contribution < 1.29 is 33.6 Å². The van der Waals surface area contributed by atoms with Crippen LogP contribution in [0.2, 0.25) is 5.02 Å². The molecule has 36 heavy (non-hydrogen) atoms. The lowest BCUT2D eigenvalue weighted by molar-refractivity contribution is -0.132. The fourth-order valence-electron chi connectivity index (χ4n) is 4.18. The van der Waals surface area contributed by atoms with Gasteiger partial charge in [0.15, 0.2) is 11.5 Å². The topological polar surface area (TPSA) is 94.5 Å². The molecule has 2 heterocycles. The molecule has 0 spiro atoms. The van der Waals surface area contributed by atoms with Crippen LogP contribution in [-0.2, 0) is 9.59 Å². The largest absolute Gasteiger partial charge is 0.507 e. The van der Waals surface area contributed by atoms with Gasteiger partial charge in [0.05, 0.1) is 44.6 Å². The molecule has 1 fully saturated rings. The lowest BCUT2D eigenvalue weighted by Gasteiger charge is -2.26. The van der Waals surface area contributed by atoms with Crippen molar-refractivity contribution in [2.45, 2.75) is 13.0 Å². The molecule has 1 aromatic heterocycles. The average molecular weight is 530 g/mol. The summed E-state index contributed by atoms with van der Waals surface area (Å²) in [4.78, 5) is 29.0. The number of ketones is 1. The van der Waals surface area contributed by atoms with E-state index < -0.39 is 23.5 Å². The molecule has 1 N–H and O–H groups in total. The molecule has 0 radical (unpaired) electrons. The molecule has 1 aliphatic heterocycles. The average Bonchev–Trinajstić information content (AvgIpc) is 3.42. The van der Waals surface area contributed by atoms with E-state index in [0.717, 1.165) is 10.4 Å². The van der Waals surface area contributed by atoms with Crippen LogP contribution < -0.4 is 23.8 Å². The molecule has 1 amide bonds. The van der Waals surface area contributed by atoms with Gasteiger partial charge in [-0.2, -0.15) is 0 Å². The Bertz CT molecular complexity index is 1380. The van der Waals surface area contributed by atoms with E-state index in [2.05, 4.69) is 0 Å². The maximum absolute atomic E-state index is 13.4. The second kappa shape index (κ2) is 10.1. The number of benzene rings is 2. The SMILES string of the molecule is COc1cc(OC)c(/C(O)=C2\C(=O)C(=O)N(c3ccc(OC)c(OC)c3)C2c2sccc2C)cc1Cl. The number of rotatable bonds is 7. The van der Waals surface area contributed by atoms with Crippen molar-refractivity contribution in [1.29, 1.82) is 0 Å². The minimum absolute atomic E-state index is 0.0835. The van der Waals surface area contributed by atoms with Gasteiger partial charge in [0.1, 0.15) is 23.3 Å². The highest BCUT2D eigenvalue weighted by atomic mass is 35.5. The molecule has 3 aromatic rings. The van der Waals surface area contributed by atoms with Crippen LogP contribution in [0.5, 0.6) is 23.0 Å². The molecule has 188 valence electrons. The highest BCUT2D eigenvalue weighted by Gasteiger charge is 2.48. The Labute approximate surface area is 217 Å². The number of halogens is 1. The number of methoxy groups -OCH3 is 4.